The van der Waals surface area contributed by atoms with Gasteiger partial charge in [0.25, 0.3) is 0 Å². The van der Waals surface area contributed by atoms with Crippen LogP contribution in [0.5, 0.6) is 11.5 Å². The van der Waals surface area contributed by atoms with Crippen molar-refractivity contribution in [2.45, 2.75) is 49.8 Å². The molecule has 0 spiro atoms. The van der Waals surface area contributed by atoms with Crippen molar-refractivity contribution in [2.24, 2.45) is 0 Å². The molecule has 3 heterocycles. The Hall–Kier alpha value is -2.09. The Balaban J connectivity index is 1.35. The fraction of sp³-hybridized carbons (Fsp3) is 0.520. The topological polar surface area (TPSA) is 67.7 Å². The predicted octanol–water partition coefficient (Wildman–Crippen LogP) is 4.66. The molecule has 2 atom stereocenters. The highest BCUT2D eigenvalue weighted by Gasteiger charge is 2.24. The van der Waals surface area contributed by atoms with Gasteiger partial charge in [0.2, 0.25) is 0 Å². The number of methoxy groups -OCH3 is 1. The number of hydrogen-bond donors (Lipinski definition) is 1. The van der Waals surface area contributed by atoms with Crippen molar-refractivity contribution in [3.8, 4) is 11.5 Å². The fourth-order valence-electron chi connectivity index (χ4n) is 4.44. The van der Waals surface area contributed by atoms with Gasteiger partial charge in [-0.3, -0.25) is 4.90 Å². The lowest BCUT2D eigenvalue weighted by molar-refractivity contribution is 0.129. The SMILES string of the molecule is COc1cc(/C=C/CN2CCCC(c3nc(SCC4CCCO4)ncc3C)C2)ccc1O. The van der Waals surface area contributed by atoms with Crippen molar-refractivity contribution >= 4 is 17.8 Å². The summed E-state index contributed by atoms with van der Waals surface area (Å²) in [4.78, 5) is 12.0. The Labute approximate surface area is 195 Å². The van der Waals surface area contributed by atoms with E-state index in [-0.39, 0.29) is 5.75 Å². The molecular formula is C25H33N3O3S. The quantitative estimate of drug-likeness (QED) is 0.458. The minimum atomic E-state index is 0.164. The van der Waals surface area contributed by atoms with Crippen molar-refractivity contribution in [1.82, 2.24) is 14.9 Å². The third-order valence-corrected chi connectivity index (χ3v) is 7.17. The van der Waals surface area contributed by atoms with Gasteiger partial charge in [-0.15, -0.1) is 0 Å². The van der Waals surface area contributed by atoms with E-state index in [0.29, 0.717) is 17.8 Å². The highest BCUT2D eigenvalue weighted by molar-refractivity contribution is 7.99. The van der Waals surface area contributed by atoms with Crippen molar-refractivity contribution in [1.29, 1.82) is 0 Å². The molecule has 0 radical (unpaired) electrons. The number of phenolic OH excluding ortho intramolecular Hbond substituents is 1. The molecule has 2 unspecified atom stereocenters. The van der Waals surface area contributed by atoms with Crippen LogP contribution in [0.4, 0.5) is 0 Å². The zero-order valence-corrected chi connectivity index (χ0v) is 19.8. The number of piperidine rings is 1. The summed E-state index contributed by atoms with van der Waals surface area (Å²) in [6.45, 7) is 6.02. The Bertz CT molecular complexity index is 931. The number of likely N-dealkylation sites (tertiary alicyclic amines) is 1. The summed E-state index contributed by atoms with van der Waals surface area (Å²) in [6, 6.07) is 5.42. The number of aromatic hydroxyl groups is 1. The molecule has 2 aliphatic heterocycles. The standard InChI is InChI=1S/C25H33N3O3S/c1-18-15-26-25(32-17-21-8-5-13-31-21)27-24(18)20-7-4-12-28(16-20)11-3-6-19-9-10-22(29)23(14-19)30-2/h3,6,9-10,14-15,20-21,29H,4-5,7-8,11-13,16-17H2,1-2H3/b6-3+. The van der Waals surface area contributed by atoms with E-state index in [1.165, 1.54) is 24.1 Å². The van der Waals surface area contributed by atoms with Gasteiger partial charge in [0.15, 0.2) is 16.7 Å². The van der Waals surface area contributed by atoms with Gasteiger partial charge in [-0.2, -0.15) is 0 Å². The van der Waals surface area contributed by atoms with Crippen LogP contribution in [0, 0.1) is 6.92 Å². The van der Waals surface area contributed by atoms with E-state index in [1.54, 1.807) is 24.9 Å². The van der Waals surface area contributed by atoms with E-state index < -0.39 is 0 Å². The van der Waals surface area contributed by atoms with Crippen LogP contribution in [0.25, 0.3) is 6.08 Å². The predicted molar refractivity (Wildman–Crippen MR) is 129 cm³/mol. The molecule has 2 fully saturated rings. The number of phenols is 1. The van der Waals surface area contributed by atoms with Gasteiger partial charge in [-0.05, 0) is 62.4 Å². The molecule has 0 amide bonds. The summed E-state index contributed by atoms with van der Waals surface area (Å²) in [5, 5.41) is 10.6. The van der Waals surface area contributed by atoms with Gasteiger partial charge in [-0.25, -0.2) is 9.97 Å². The van der Waals surface area contributed by atoms with E-state index in [1.807, 2.05) is 18.3 Å². The molecule has 0 bridgehead atoms. The molecule has 0 saturated carbocycles. The number of aryl methyl sites for hydroxylation is 1. The van der Waals surface area contributed by atoms with E-state index in [2.05, 4.69) is 29.0 Å². The van der Waals surface area contributed by atoms with Gasteiger partial charge in [0, 0.05) is 37.6 Å². The summed E-state index contributed by atoms with van der Waals surface area (Å²) in [7, 11) is 1.57. The van der Waals surface area contributed by atoms with Gasteiger partial charge in [0.1, 0.15) is 0 Å². The number of hydrogen-bond acceptors (Lipinski definition) is 7. The van der Waals surface area contributed by atoms with Crippen molar-refractivity contribution in [3.63, 3.8) is 0 Å². The minimum Gasteiger partial charge on any atom is -0.504 e. The number of benzene rings is 1. The first-order valence-corrected chi connectivity index (χ1v) is 12.4. The van der Waals surface area contributed by atoms with E-state index >= 15 is 0 Å². The monoisotopic (exact) mass is 455 g/mol. The fourth-order valence-corrected chi connectivity index (χ4v) is 5.33. The number of ether oxygens (including phenoxy) is 2. The second-order valence-electron chi connectivity index (χ2n) is 8.60. The first-order chi connectivity index (χ1) is 15.6. The number of rotatable bonds is 8. The molecule has 1 N–H and O–H groups in total. The van der Waals surface area contributed by atoms with Crippen LogP contribution < -0.4 is 4.74 Å². The first-order valence-electron chi connectivity index (χ1n) is 11.5. The Morgan fingerprint density at radius 1 is 1.31 bits per heavy atom. The van der Waals surface area contributed by atoms with Crippen LogP contribution in [0.3, 0.4) is 0 Å². The maximum Gasteiger partial charge on any atom is 0.187 e. The minimum absolute atomic E-state index is 0.164. The molecule has 172 valence electrons. The van der Waals surface area contributed by atoms with Gasteiger partial charge < -0.3 is 14.6 Å². The van der Waals surface area contributed by atoms with Crippen LogP contribution in [-0.2, 0) is 4.74 Å². The second kappa shape index (κ2) is 11.2. The maximum atomic E-state index is 9.76. The van der Waals surface area contributed by atoms with Crippen molar-refractivity contribution in [3.05, 3.63) is 47.3 Å². The zero-order valence-electron chi connectivity index (χ0n) is 19.0. The third kappa shape index (κ3) is 6.03. The highest BCUT2D eigenvalue weighted by Crippen LogP contribution is 2.30. The Morgan fingerprint density at radius 2 is 2.22 bits per heavy atom. The second-order valence-corrected chi connectivity index (χ2v) is 9.59. The maximum absolute atomic E-state index is 9.76. The first kappa shape index (κ1) is 23.1. The lowest BCUT2D eigenvalue weighted by Crippen LogP contribution is -2.35. The van der Waals surface area contributed by atoms with Crippen LogP contribution in [0.1, 0.15) is 48.4 Å². The van der Waals surface area contributed by atoms with Crippen molar-refractivity contribution < 1.29 is 14.6 Å². The lowest BCUT2D eigenvalue weighted by atomic mass is 9.92. The van der Waals surface area contributed by atoms with E-state index in [9.17, 15) is 5.11 Å². The summed E-state index contributed by atoms with van der Waals surface area (Å²) < 4.78 is 10.9. The normalized spacial score (nSPS) is 21.9. The molecular weight excluding hydrogens is 422 g/mol. The van der Waals surface area contributed by atoms with Crippen molar-refractivity contribution in [2.75, 3.05) is 39.1 Å². The van der Waals surface area contributed by atoms with Gasteiger partial charge in [-0.1, -0.05) is 30.0 Å². The molecule has 1 aromatic heterocycles. The number of thioether (sulfide) groups is 1. The average molecular weight is 456 g/mol. The Morgan fingerprint density at radius 3 is 3.03 bits per heavy atom. The number of nitrogens with zero attached hydrogens (tertiary/aromatic N) is 3. The summed E-state index contributed by atoms with van der Waals surface area (Å²) in [5.74, 6) is 2.04. The largest absolute Gasteiger partial charge is 0.504 e. The molecule has 2 saturated heterocycles. The molecule has 1 aromatic carbocycles. The van der Waals surface area contributed by atoms with Gasteiger partial charge >= 0.3 is 0 Å². The molecule has 7 heteroatoms. The molecule has 2 aliphatic rings. The van der Waals surface area contributed by atoms with Crippen LogP contribution in [0.15, 0.2) is 35.6 Å². The number of aromatic nitrogens is 2. The van der Waals surface area contributed by atoms with Crippen LogP contribution in [-0.4, -0.2) is 65.2 Å². The molecule has 32 heavy (non-hydrogen) atoms. The Kier molecular flexibility index (Phi) is 8.05. The smallest absolute Gasteiger partial charge is 0.187 e. The zero-order chi connectivity index (χ0) is 22.3. The molecule has 0 aliphatic carbocycles. The molecule has 4 rings (SSSR count). The third-order valence-electron chi connectivity index (χ3n) is 6.18. The van der Waals surface area contributed by atoms with Crippen LogP contribution in [0.2, 0.25) is 0 Å². The average Bonchev–Trinajstić information content (AvgIpc) is 3.33. The highest BCUT2D eigenvalue weighted by atomic mass is 32.2. The summed E-state index contributed by atoms with van der Waals surface area (Å²) in [5.41, 5.74) is 3.41. The van der Waals surface area contributed by atoms with E-state index in [0.717, 1.165) is 55.6 Å². The lowest BCUT2D eigenvalue weighted by Gasteiger charge is -2.32. The molecule has 2 aromatic rings. The van der Waals surface area contributed by atoms with Crippen LogP contribution >= 0.6 is 11.8 Å². The summed E-state index contributed by atoms with van der Waals surface area (Å²) in [6.07, 6.45) is 11.3. The molecule has 6 nitrogen and oxygen atoms in total. The van der Waals surface area contributed by atoms with E-state index in [4.69, 9.17) is 14.5 Å². The summed E-state index contributed by atoms with van der Waals surface area (Å²) >= 11 is 1.72. The van der Waals surface area contributed by atoms with Gasteiger partial charge in [0.05, 0.1) is 18.9 Å².